The van der Waals surface area contributed by atoms with Crippen molar-refractivity contribution in [3.63, 3.8) is 0 Å². The van der Waals surface area contributed by atoms with Gasteiger partial charge < -0.3 is 14.8 Å². The van der Waals surface area contributed by atoms with Gasteiger partial charge in [0, 0.05) is 12.5 Å². The molecule has 2 aliphatic rings. The number of alkyl carbamates (subject to hydrolysis) is 1. The predicted octanol–water partition coefficient (Wildman–Crippen LogP) is 5.01. The van der Waals surface area contributed by atoms with Gasteiger partial charge in [-0.3, -0.25) is 9.69 Å². The number of carbonyl (C=O) groups is 2. The van der Waals surface area contributed by atoms with Crippen molar-refractivity contribution in [1.29, 1.82) is 5.26 Å². The zero-order valence-electron chi connectivity index (χ0n) is 21.4. The summed E-state index contributed by atoms with van der Waals surface area (Å²) in [5.74, 6) is -0.391. The van der Waals surface area contributed by atoms with Crippen molar-refractivity contribution in [3.8, 4) is 17.2 Å². The highest BCUT2D eigenvalue weighted by atomic mass is 16.5. The average molecular weight is 510 g/mol. The van der Waals surface area contributed by atoms with Crippen LogP contribution >= 0.6 is 0 Å². The molecule has 0 radical (unpaired) electrons. The van der Waals surface area contributed by atoms with E-state index in [1.807, 2.05) is 59.5 Å². The molecule has 7 heteroatoms. The second-order valence-corrected chi connectivity index (χ2v) is 9.82. The van der Waals surface area contributed by atoms with Crippen LogP contribution in [0.2, 0.25) is 0 Å². The maximum absolute atomic E-state index is 12.9. The van der Waals surface area contributed by atoms with E-state index >= 15 is 0 Å². The molecule has 3 aromatic carbocycles. The van der Waals surface area contributed by atoms with E-state index in [4.69, 9.17) is 9.47 Å². The van der Waals surface area contributed by atoms with Crippen molar-refractivity contribution < 1.29 is 19.1 Å². The number of rotatable bonds is 8. The summed E-state index contributed by atoms with van der Waals surface area (Å²) in [6, 6.07) is 26.4. The van der Waals surface area contributed by atoms with Gasteiger partial charge in [-0.2, -0.15) is 5.26 Å². The number of ether oxygens (including phenoxy) is 2. The maximum Gasteiger partial charge on any atom is 0.407 e. The van der Waals surface area contributed by atoms with Crippen LogP contribution in [0.1, 0.15) is 42.4 Å². The summed E-state index contributed by atoms with van der Waals surface area (Å²) in [5.41, 5.74) is 5.51. The Kier molecular flexibility index (Phi) is 7.71. The van der Waals surface area contributed by atoms with Gasteiger partial charge in [0.2, 0.25) is 0 Å². The molecule has 1 aliphatic heterocycles. The monoisotopic (exact) mass is 509 g/mol. The van der Waals surface area contributed by atoms with E-state index in [9.17, 15) is 14.9 Å². The highest BCUT2D eigenvalue weighted by Gasteiger charge is 2.39. The molecule has 3 atom stereocenters. The standard InChI is InChI=1S/C31H31N3O4/c1-21(29(18-32)34-17-9-16-28(34)30(35)37-19-22-10-3-2-4-11-22)33-31(36)38-20-27-25-14-7-5-12-23(25)24-13-6-8-15-26(24)27/h2-8,10-15,21,27-29H,9,16-17,19-20H2,1H3,(H,33,36)/t21-,28-,29?/m0/s1. The average Bonchev–Trinajstić information content (AvgIpc) is 3.55. The van der Waals surface area contributed by atoms with Crippen molar-refractivity contribution >= 4 is 12.1 Å². The topological polar surface area (TPSA) is 91.7 Å². The highest BCUT2D eigenvalue weighted by Crippen LogP contribution is 2.44. The van der Waals surface area contributed by atoms with E-state index in [1.54, 1.807) is 6.92 Å². The van der Waals surface area contributed by atoms with Gasteiger partial charge in [-0.1, -0.05) is 78.9 Å². The first-order chi connectivity index (χ1) is 18.6. The number of likely N-dealkylation sites (tertiary alicyclic amines) is 1. The van der Waals surface area contributed by atoms with E-state index in [0.29, 0.717) is 13.0 Å². The minimum Gasteiger partial charge on any atom is -0.460 e. The van der Waals surface area contributed by atoms with Gasteiger partial charge in [0.05, 0.1) is 12.1 Å². The molecule has 7 nitrogen and oxygen atoms in total. The van der Waals surface area contributed by atoms with Crippen molar-refractivity contribution in [2.45, 2.75) is 50.4 Å². The number of hydrogen-bond acceptors (Lipinski definition) is 6. The van der Waals surface area contributed by atoms with Crippen molar-refractivity contribution in [1.82, 2.24) is 10.2 Å². The first-order valence-corrected chi connectivity index (χ1v) is 13.0. The predicted molar refractivity (Wildman–Crippen MR) is 143 cm³/mol. The van der Waals surface area contributed by atoms with Crippen molar-refractivity contribution in [2.24, 2.45) is 0 Å². The fourth-order valence-electron chi connectivity index (χ4n) is 5.58. The molecule has 0 saturated carbocycles. The number of benzene rings is 3. The molecule has 1 N–H and O–H groups in total. The number of hydrogen-bond donors (Lipinski definition) is 1. The third-order valence-corrected chi connectivity index (χ3v) is 7.44. The van der Waals surface area contributed by atoms with Crippen LogP contribution in [0.4, 0.5) is 4.79 Å². The van der Waals surface area contributed by atoms with E-state index < -0.39 is 24.2 Å². The minimum absolute atomic E-state index is 0.0439. The molecule has 0 spiro atoms. The molecule has 0 bridgehead atoms. The largest absolute Gasteiger partial charge is 0.460 e. The molecule has 1 aliphatic carbocycles. The zero-order valence-corrected chi connectivity index (χ0v) is 21.4. The Labute approximate surface area is 223 Å². The summed E-state index contributed by atoms with van der Waals surface area (Å²) < 4.78 is 11.2. The molecule has 194 valence electrons. The van der Waals surface area contributed by atoms with Crippen LogP contribution in [-0.4, -0.2) is 48.2 Å². The summed E-state index contributed by atoms with van der Waals surface area (Å²) in [6.45, 7) is 2.73. The van der Waals surface area contributed by atoms with Gasteiger partial charge in [-0.05, 0) is 47.6 Å². The molecule has 1 heterocycles. The zero-order chi connectivity index (χ0) is 26.5. The Balaban J connectivity index is 1.18. The lowest BCUT2D eigenvalue weighted by Crippen LogP contribution is -2.53. The summed E-state index contributed by atoms with van der Waals surface area (Å²) in [7, 11) is 0. The molecule has 1 unspecified atom stereocenters. The van der Waals surface area contributed by atoms with Crippen LogP contribution in [0.5, 0.6) is 0 Å². The van der Waals surface area contributed by atoms with E-state index in [2.05, 4.69) is 35.7 Å². The number of carbonyl (C=O) groups excluding carboxylic acids is 2. The second kappa shape index (κ2) is 11.5. The number of esters is 1. The lowest BCUT2D eigenvalue weighted by Gasteiger charge is -2.31. The summed E-state index contributed by atoms with van der Waals surface area (Å²) in [6.07, 6.45) is 0.812. The lowest BCUT2D eigenvalue weighted by atomic mass is 9.98. The minimum atomic E-state index is -0.688. The molecule has 3 aromatic rings. The van der Waals surface area contributed by atoms with E-state index in [-0.39, 0.29) is 25.1 Å². The Morgan fingerprint density at radius 1 is 0.974 bits per heavy atom. The third kappa shape index (κ3) is 5.27. The summed E-state index contributed by atoms with van der Waals surface area (Å²) in [5, 5.41) is 12.8. The van der Waals surface area contributed by atoms with Gasteiger partial charge in [0.25, 0.3) is 0 Å². The van der Waals surface area contributed by atoms with E-state index in [0.717, 1.165) is 34.2 Å². The van der Waals surface area contributed by atoms with Gasteiger partial charge in [-0.15, -0.1) is 0 Å². The van der Waals surface area contributed by atoms with Crippen LogP contribution in [-0.2, 0) is 20.9 Å². The number of amides is 1. The summed E-state index contributed by atoms with van der Waals surface area (Å²) >= 11 is 0. The van der Waals surface area contributed by atoms with Crippen molar-refractivity contribution in [2.75, 3.05) is 13.2 Å². The van der Waals surface area contributed by atoms with Gasteiger partial charge in [0.1, 0.15) is 25.3 Å². The highest BCUT2D eigenvalue weighted by molar-refractivity contribution is 5.79. The Bertz CT molecular complexity index is 1290. The molecule has 0 aromatic heterocycles. The van der Waals surface area contributed by atoms with Gasteiger partial charge >= 0.3 is 12.1 Å². The third-order valence-electron chi connectivity index (χ3n) is 7.44. The number of nitrogens with zero attached hydrogens (tertiary/aromatic N) is 2. The smallest absolute Gasteiger partial charge is 0.407 e. The van der Waals surface area contributed by atoms with Crippen LogP contribution < -0.4 is 5.32 Å². The number of fused-ring (bicyclic) bond motifs is 3. The first-order valence-electron chi connectivity index (χ1n) is 13.0. The quantitative estimate of drug-likeness (QED) is 0.429. The molecule has 38 heavy (non-hydrogen) atoms. The lowest BCUT2D eigenvalue weighted by molar-refractivity contribution is -0.150. The first kappa shape index (κ1) is 25.5. The summed E-state index contributed by atoms with van der Waals surface area (Å²) in [4.78, 5) is 27.5. The fraction of sp³-hybridized carbons (Fsp3) is 0.323. The molecular formula is C31H31N3O4. The Morgan fingerprint density at radius 3 is 2.26 bits per heavy atom. The molecule has 1 amide bonds. The fourth-order valence-corrected chi connectivity index (χ4v) is 5.58. The van der Waals surface area contributed by atoms with Crippen LogP contribution in [0, 0.1) is 11.3 Å². The molecule has 1 fully saturated rings. The second-order valence-electron chi connectivity index (χ2n) is 9.82. The maximum atomic E-state index is 12.9. The number of nitriles is 1. The van der Waals surface area contributed by atoms with Crippen molar-refractivity contribution in [3.05, 3.63) is 95.6 Å². The Morgan fingerprint density at radius 2 is 1.61 bits per heavy atom. The van der Waals surface area contributed by atoms with Crippen LogP contribution in [0.15, 0.2) is 78.9 Å². The SMILES string of the molecule is C[C@H](NC(=O)OCC1c2ccccc2-c2ccccc21)C(C#N)N1CCC[C@H]1C(=O)OCc1ccccc1. The Hall–Kier alpha value is -4.15. The molecule has 5 rings (SSSR count). The van der Waals surface area contributed by atoms with Gasteiger partial charge in [-0.25, -0.2) is 4.79 Å². The number of nitrogens with one attached hydrogen (secondary N) is 1. The van der Waals surface area contributed by atoms with E-state index in [1.165, 1.54) is 0 Å². The van der Waals surface area contributed by atoms with Crippen LogP contribution in [0.3, 0.4) is 0 Å². The van der Waals surface area contributed by atoms with Gasteiger partial charge in [0.15, 0.2) is 0 Å². The molecule has 1 saturated heterocycles. The van der Waals surface area contributed by atoms with Crippen LogP contribution in [0.25, 0.3) is 11.1 Å². The normalized spacial score (nSPS) is 18.1. The molecular weight excluding hydrogens is 478 g/mol.